The lowest BCUT2D eigenvalue weighted by Crippen LogP contribution is -2.52. The van der Waals surface area contributed by atoms with E-state index in [4.69, 9.17) is 4.74 Å². The third-order valence-corrected chi connectivity index (χ3v) is 4.37. The second-order valence-electron chi connectivity index (χ2n) is 6.02. The molecular weight excluding hydrogens is 269 g/mol. The number of hydrogen-bond acceptors (Lipinski definition) is 4. The van der Waals surface area contributed by atoms with Crippen molar-refractivity contribution in [3.05, 3.63) is 30.1 Å². The first kappa shape index (κ1) is 14.8. The van der Waals surface area contributed by atoms with Crippen LogP contribution in [-0.2, 0) is 4.74 Å². The lowest BCUT2D eigenvalue weighted by molar-refractivity contribution is -0.0361. The van der Waals surface area contributed by atoms with Gasteiger partial charge in [0.15, 0.2) is 0 Å². The largest absolute Gasteiger partial charge is 0.374 e. The molecule has 0 spiro atoms. The molecule has 2 saturated heterocycles. The summed E-state index contributed by atoms with van der Waals surface area (Å²) in [4.78, 5) is 7.14. The van der Waals surface area contributed by atoms with Crippen LogP contribution in [0.3, 0.4) is 0 Å². The topological polar surface area (TPSA) is 19.0 Å². The molecule has 0 unspecified atom stereocenters. The molecule has 116 valence electrons. The number of nitrogens with zero attached hydrogens (tertiary/aromatic N) is 3. The molecule has 3 rings (SSSR count). The molecule has 0 amide bonds. The summed E-state index contributed by atoms with van der Waals surface area (Å²) in [5.74, 6) is -0.170. The predicted molar refractivity (Wildman–Crippen MR) is 82.3 cm³/mol. The van der Waals surface area contributed by atoms with Crippen molar-refractivity contribution >= 4 is 5.69 Å². The molecule has 0 radical (unpaired) electrons. The summed E-state index contributed by atoms with van der Waals surface area (Å²) in [6.45, 7) is 8.00. The average molecular weight is 293 g/mol. The Kier molecular flexibility index (Phi) is 4.73. The maximum Gasteiger partial charge on any atom is 0.123 e. The van der Waals surface area contributed by atoms with Gasteiger partial charge >= 0.3 is 0 Å². The van der Waals surface area contributed by atoms with Crippen LogP contribution in [0.25, 0.3) is 0 Å². The minimum absolute atomic E-state index is 0.170. The smallest absolute Gasteiger partial charge is 0.123 e. The van der Waals surface area contributed by atoms with Crippen molar-refractivity contribution in [2.45, 2.75) is 6.10 Å². The highest BCUT2D eigenvalue weighted by atomic mass is 19.1. The minimum atomic E-state index is -0.170. The van der Waals surface area contributed by atoms with Crippen LogP contribution in [0.2, 0.25) is 0 Å². The number of anilines is 1. The number of hydrogen-bond donors (Lipinski definition) is 0. The maximum absolute atomic E-state index is 13.0. The van der Waals surface area contributed by atoms with Crippen molar-refractivity contribution in [1.29, 1.82) is 0 Å². The molecule has 1 aromatic carbocycles. The van der Waals surface area contributed by atoms with Gasteiger partial charge in [-0.05, 0) is 31.3 Å². The summed E-state index contributed by atoms with van der Waals surface area (Å²) in [5.41, 5.74) is 1.12. The molecule has 2 heterocycles. The van der Waals surface area contributed by atoms with Gasteiger partial charge in [0, 0.05) is 51.5 Å². The number of benzene rings is 1. The molecule has 2 aliphatic rings. The molecule has 0 saturated carbocycles. The van der Waals surface area contributed by atoms with Crippen LogP contribution in [0, 0.1) is 5.82 Å². The third kappa shape index (κ3) is 3.93. The molecule has 2 fully saturated rings. The average Bonchev–Trinajstić information content (AvgIpc) is 2.49. The Bertz CT molecular complexity index is 445. The first-order chi connectivity index (χ1) is 10.2. The van der Waals surface area contributed by atoms with Crippen molar-refractivity contribution in [1.82, 2.24) is 9.80 Å². The van der Waals surface area contributed by atoms with Gasteiger partial charge in [-0.2, -0.15) is 0 Å². The molecule has 1 atom stereocenters. The van der Waals surface area contributed by atoms with Crippen molar-refractivity contribution in [2.75, 3.05) is 64.4 Å². The summed E-state index contributed by atoms with van der Waals surface area (Å²) in [7, 11) is 2.15. The molecule has 1 aromatic rings. The van der Waals surface area contributed by atoms with E-state index in [2.05, 4.69) is 21.7 Å². The predicted octanol–water partition coefficient (Wildman–Crippen LogP) is 1.28. The first-order valence-corrected chi connectivity index (χ1v) is 7.74. The van der Waals surface area contributed by atoms with Crippen molar-refractivity contribution in [3.8, 4) is 0 Å². The number of halogens is 1. The molecule has 0 bridgehead atoms. The number of morpholine rings is 1. The number of piperazine rings is 1. The summed E-state index contributed by atoms with van der Waals surface area (Å²) in [6.07, 6.45) is 0.334. The molecule has 4 nitrogen and oxygen atoms in total. The highest BCUT2D eigenvalue weighted by Crippen LogP contribution is 2.17. The molecule has 0 aromatic heterocycles. The van der Waals surface area contributed by atoms with E-state index in [1.807, 2.05) is 12.1 Å². The summed E-state index contributed by atoms with van der Waals surface area (Å²) >= 11 is 0. The lowest BCUT2D eigenvalue weighted by atomic mass is 10.2. The van der Waals surface area contributed by atoms with E-state index in [1.54, 1.807) is 0 Å². The van der Waals surface area contributed by atoms with Crippen LogP contribution in [0.4, 0.5) is 10.1 Å². The highest BCUT2D eigenvalue weighted by Gasteiger charge is 2.23. The zero-order valence-electron chi connectivity index (χ0n) is 12.7. The standard InChI is InChI=1S/C16H24FN3O/c1-18-10-11-21-16(12-18)13-19-6-8-20(9-7-19)15-4-2-14(17)3-5-15/h2-5,16H,6-13H2,1H3/t16-/m0/s1. The maximum atomic E-state index is 13.0. The van der Waals surface area contributed by atoms with Crippen LogP contribution in [0.5, 0.6) is 0 Å². The Hall–Kier alpha value is -1.17. The number of likely N-dealkylation sites (N-methyl/N-ethyl adjacent to an activating group) is 1. The van der Waals surface area contributed by atoms with Gasteiger partial charge in [0.05, 0.1) is 12.7 Å². The van der Waals surface area contributed by atoms with Gasteiger partial charge in [-0.15, -0.1) is 0 Å². The molecule has 21 heavy (non-hydrogen) atoms. The molecule has 5 heteroatoms. The Balaban J connectivity index is 1.47. The number of ether oxygens (including phenoxy) is 1. The Morgan fingerprint density at radius 3 is 2.48 bits per heavy atom. The second kappa shape index (κ2) is 6.73. The summed E-state index contributed by atoms with van der Waals surface area (Å²) < 4.78 is 18.8. The Morgan fingerprint density at radius 2 is 1.81 bits per heavy atom. The van der Waals surface area contributed by atoms with Crippen molar-refractivity contribution in [3.63, 3.8) is 0 Å². The molecular formula is C16H24FN3O. The molecule has 2 aliphatic heterocycles. The zero-order chi connectivity index (χ0) is 14.7. The quantitative estimate of drug-likeness (QED) is 0.835. The van der Waals surface area contributed by atoms with Gasteiger partial charge in [-0.1, -0.05) is 0 Å². The van der Waals surface area contributed by atoms with Crippen molar-refractivity contribution in [2.24, 2.45) is 0 Å². The minimum Gasteiger partial charge on any atom is -0.374 e. The highest BCUT2D eigenvalue weighted by molar-refractivity contribution is 5.46. The van der Waals surface area contributed by atoms with Gasteiger partial charge in [-0.3, -0.25) is 4.90 Å². The SMILES string of the molecule is CN1CCO[C@H](CN2CCN(c3ccc(F)cc3)CC2)C1. The van der Waals surface area contributed by atoms with E-state index in [0.717, 1.165) is 58.1 Å². The van der Waals surface area contributed by atoms with Gasteiger partial charge in [-0.25, -0.2) is 4.39 Å². The fourth-order valence-corrected chi connectivity index (χ4v) is 3.11. The van der Waals surface area contributed by atoms with Crippen LogP contribution >= 0.6 is 0 Å². The van der Waals surface area contributed by atoms with Crippen LogP contribution in [-0.4, -0.2) is 75.4 Å². The van der Waals surface area contributed by atoms with E-state index in [-0.39, 0.29) is 5.82 Å². The van der Waals surface area contributed by atoms with Gasteiger partial charge in [0.2, 0.25) is 0 Å². The van der Waals surface area contributed by atoms with E-state index in [9.17, 15) is 4.39 Å². The van der Waals surface area contributed by atoms with Crippen LogP contribution < -0.4 is 4.90 Å². The van der Waals surface area contributed by atoms with Gasteiger partial charge < -0.3 is 14.5 Å². The number of rotatable bonds is 3. The van der Waals surface area contributed by atoms with Crippen LogP contribution in [0.15, 0.2) is 24.3 Å². The van der Waals surface area contributed by atoms with Gasteiger partial charge in [0.1, 0.15) is 5.82 Å². The lowest BCUT2D eigenvalue weighted by Gasteiger charge is -2.39. The first-order valence-electron chi connectivity index (χ1n) is 7.74. The third-order valence-electron chi connectivity index (χ3n) is 4.37. The molecule has 0 N–H and O–H groups in total. The van der Waals surface area contributed by atoms with E-state index >= 15 is 0 Å². The fourth-order valence-electron chi connectivity index (χ4n) is 3.11. The molecule has 0 aliphatic carbocycles. The van der Waals surface area contributed by atoms with E-state index in [0.29, 0.717) is 6.10 Å². The normalized spacial score (nSPS) is 25.2. The van der Waals surface area contributed by atoms with Crippen LogP contribution in [0.1, 0.15) is 0 Å². The Labute approximate surface area is 126 Å². The monoisotopic (exact) mass is 293 g/mol. The van der Waals surface area contributed by atoms with Gasteiger partial charge in [0.25, 0.3) is 0 Å². The summed E-state index contributed by atoms with van der Waals surface area (Å²) in [5, 5.41) is 0. The summed E-state index contributed by atoms with van der Waals surface area (Å²) in [6, 6.07) is 6.80. The second-order valence-corrected chi connectivity index (χ2v) is 6.02. The Morgan fingerprint density at radius 1 is 1.10 bits per heavy atom. The fraction of sp³-hybridized carbons (Fsp3) is 0.625. The zero-order valence-corrected chi connectivity index (χ0v) is 12.7. The van der Waals surface area contributed by atoms with E-state index in [1.165, 1.54) is 12.1 Å². The van der Waals surface area contributed by atoms with Crippen molar-refractivity contribution < 1.29 is 9.13 Å². The van der Waals surface area contributed by atoms with E-state index < -0.39 is 0 Å².